The molecule has 110 valence electrons. The van der Waals surface area contributed by atoms with Gasteiger partial charge in [-0.3, -0.25) is 4.99 Å². The van der Waals surface area contributed by atoms with Crippen molar-refractivity contribution >= 4 is 15.8 Å². The molecule has 2 rings (SSSR count). The Kier molecular flexibility index (Phi) is 4.38. The molecule has 0 heterocycles. The molecular weight excluding hydrogens is 262 g/mol. The van der Waals surface area contributed by atoms with Crippen LogP contribution < -0.4 is 11.1 Å². The third kappa shape index (κ3) is 5.01. The zero-order chi connectivity index (χ0) is 13.9. The van der Waals surface area contributed by atoms with E-state index in [2.05, 4.69) is 10.3 Å². The maximum atomic E-state index is 11.4. The lowest BCUT2D eigenvalue weighted by molar-refractivity contribution is 0.412. The Hall–Kier alpha value is -0.780. The Morgan fingerprint density at radius 1 is 1.32 bits per heavy atom. The van der Waals surface area contributed by atoms with Gasteiger partial charge in [0.25, 0.3) is 0 Å². The van der Waals surface area contributed by atoms with Crippen LogP contribution in [0, 0.1) is 5.41 Å². The van der Waals surface area contributed by atoms with Gasteiger partial charge in [0, 0.05) is 24.3 Å². The second-order valence-electron chi connectivity index (χ2n) is 6.25. The molecule has 0 aromatic heterocycles. The van der Waals surface area contributed by atoms with Crippen molar-refractivity contribution in [2.75, 3.05) is 18.6 Å². The Balaban J connectivity index is 1.81. The monoisotopic (exact) mass is 287 g/mol. The smallest absolute Gasteiger partial charge is 0.188 e. The zero-order valence-electron chi connectivity index (χ0n) is 11.7. The van der Waals surface area contributed by atoms with Crippen LogP contribution in [0.1, 0.15) is 44.9 Å². The van der Waals surface area contributed by atoms with Crippen LogP contribution in [0.5, 0.6) is 0 Å². The second-order valence-corrected chi connectivity index (χ2v) is 8.39. The molecule has 2 saturated carbocycles. The molecule has 0 bridgehead atoms. The topological polar surface area (TPSA) is 84.5 Å². The van der Waals surface area contributed by atoms with Crippen molar-refractivity contribution in [2.24, 2.45) is 16.1 Å². The SMILES string of the molecule is CS(=O)(=O)CC1(CN=C(N)NC2CCCCC2)CC1. The minimum atomic E-state index is -2.92. The molecule has 2 fully saturated rings. The van der Waals surface area contributed by atoms with Crippen molar-refractivity contribution in [1.82, 2.24) is 5.32 Å². The zero-order valence-corrected chi connectivity index (χ0v) is 12.5. The van der Waals surface area contributed by atoms with E-state index in [9.17, 15) is 8.42 Å². The van der Waals surface area contributed by atoms with Gasteiger partial charge in [0.2, 0.25) is 0 Å². The number of nitrogens with two attached hydrogens (primary N) is 1. The van der Waals surface area contributed by atoms with Crippen molar-refractivity contribution in [3.05, 3.63) is 0 Å². The first-order chi connectivity index (χ1) is 8.89. The van der Waals surface area contributed by atoms with Gasteiger partial charge in [-0.2, -0.15) is 0 Å². The van der Waals surface area contributed by atoms with Crippen LogP contribution in [-0.4, -0.2) is 39.0 Å². The van der Waals surface area contributed by atoms with Gasteiger partial charge in [0.15, 0.2) is 5.96 Å². The number of nitrogens with zero attached hydrogens (tertiary/aromatic N) is 1. The van der Waals surface area contributed by atoms with Crippen molar-refractivity contribution in [3.63, 3.8) is 0 Å². The standard InChI is InChI=1S/C13H25N3O2S/c1-19(17,18)10-13(7-8-13)9-15-12(14)16-11-5-3-2-4-6-11/h11H,2-10H2,1H3,(H3,14,15,16). The minimum absolute atomic E-state index is 0.132. The highest BCUT2D eigenvalue weighted by molar-refractivity contribution is 7.90. The van der Waals surface area contributed by atoms with Crippen molar-refractivity contribution in [2.45, 2.75) is 51.0 Å². The largest absolute Gasteiger partial charge is 0.370 e. The van der Waals surface area contributed by atoms with Crippen LogP contribution in [0.15, 0.2) is 4.99 Å². The molecule has 2 aliphatic rings. The highest BCUT2D eigenvalue weighted by Gasteiger charge is 2.45. The average Bonchev–Trinajstić information content (AvgIpc) is 3.06. The molecule has 0 atom stereocenters. The van der Waals surface area contributed by atoms with Crippen molar-refractivity contribution in [3.8, 4) is 0 Å². The van der Waals surface area contributed by atoms with Crippen molar-refractivity contribution in [1.29, 1.82) is 0 Å². The summed E-state index contributed by atoms with van der Waals surface area (Å²) in [6, 6.07) is 0.447. The first kappa shape index (κ1) is 14.6. The molecule has 0 unspecified atom stereocenters. The third-order valence-electron chi connectivity index (χ3n) is 4.07. The van der Waals surface area contributed by atoms with Crippen molar-refractivity contribution < 1.29 is 8.42 Å². The van der Waals surface area contributed by atoms with E-state index in [0.29, 0.717) is 18.5 Å². The normalized spacial score (nSPS) is 24.2. The van der Waals surface area contributed by atoms with E-state index in [-0.39, 0.29) is 11.2 Å². The first-order valence-electron chi connectivity index (χ1n) is 7.13. The van der Waals surface area contributed by atoms with Crippen LogP contribution >= 0.6 is 0 Å². The average molecular weight is 287 g/mol. The summed E-state index contributed by atoms with van der Waals surface area (Å²) in [5.74, 6) is 0.715. The Morgan fingerprint density at radius 2 is 1.95 bits per heavy atom. The highest BCUT2D eigenvalue weighted by Crippen LogP contribution is 2.46. The lowest BCUT2D eigenvalue weighted by Crippen LogP contribution is -2.41. The number of hydrogen-bond acceptors (Lipinski definition) is 3. The van der Waals surface area contributed by atoms with Gasteiger partial charge in [-0.25, -0.2) is 8.42 Å². The summed E-state index contributed by atoms with van der Waals surface area (Å²) in [6.45, 7) is 0.533. The Morgan fingerprint density at radius 3 is 2.47 bits per heavy atom. The fourth-order valence-electron chi connectivity index (χ4n) is 2.84. The summed E-state index contributed by atoms with van der Waals surface area (Å²) in [6.07, 6.45) is 9.31. The molecule has 5 nitrogen and oxygen atoms in total. The molecule has 0 amide bonds. The Labute approximate surface area is 116 Å². The summed E-state index contributed by atoms with van der Waals surface area (Å²) in [5, 5.41) is 3.26. The quantitative estimate of drug-likeness (QED) is 0.584. The molecule has 0 saturated heterocycles. The summed E-state index contributed by atoms with van der Waals surface area (Å²) in [5.41, 5.74) is 5.76. The molecule has 3 N–H and O–H groups in total. The van der Waals surface area contributed by atoms with E-state index >= 15 is 0 Å². The fourth-order valence-corrected chi connectivity index (χ4v) is 4.33. The molecule has 6 heteroatoms. The minimum Gasteiger partial charge on any atom is -0.370 e. The van der Waals surface area contributed by atoms with Crippen LogP contribution in [-0.2, 0) is 9.84 Å². The van der Waals surface area contributed by atoms with E-state index in [1.807, 2.05) is 0 Å². The molecule has 2 aliphatic carbocycles. The summed E-state index contributed by atoms with van der Waals surface area (Å²) < 4.78 is 22.7. The molecular formula is C13H25N3O2S. The number of sulfone groups is 1. The van der Waals surface area contributed by atoms with E-state index < -0.39 is 9.84 Å². The number of guanidine groups is 1. The molecule has 0 aliphatic heterocycles. The van der Waals surface area contributed by atoms with Crippen LogP contribution in [0.3, 0.4) is 0 Å². The summed E-state index contributed by atoms with van der Waals surface area (Å²) >= 11 is 0. The van der Waals surface area contributed by atoms with E-state index in [0.717, 1.165) is 25.7 Å². The fraction of sp³-hybridized carbons (Fsp3) is 0.923. The summed E-state index contributed by atoms with van der Waals surface area (Å²) in [4.78, 5) is 4.36. The summed E-state index contributed by atoms with van der Waals surface area (Å²) in [7, 11) is -2.92. The number of nitrogens with one attached hydrogen (secondary N) is 1. The Bertz CT molecular complexity index is 435. The maximum Gasteiger partial charge on any atom is 0.188 e. The van der Waals surface area contributed by atoms with Gasteiger partial charge < -0.3 is 11.1 Å². The molecule has 0 spiro atoms. The molecule has 0 aromatic rings. The predicted molar refractivity (Wildman–Crippen MR) is 77.9 cm³/mol. The van der Waals surface area contributed by atoms with Crippen LogP contribution in [0.25, 0.3) is 0 Å². The van der Waals surface area contributed by atoms with Gasteiger partial charge in [0.1, 0.15) is 9.84 Å². The van der Waals surface area contributed by atoms with Crippen LogP contribution in [0.4, 0.5) is 0 Å². The lowest BCUT2D eigenvalue weighted by atomic mass is 9.96. The van der Waals surface area contributed by atoms with Gasteiger partial charge >= 0.3 is 0 Å². The second kappa shape index (κ2) is 5.69. The number of aliphatic imine (C=N–C) groups is 1. The predicted octanol–water partition coefficient (Wildman–Crippen LogP) is 1.05. The van der Waals surface area contributed by atoms with E-state index in [1.54, 1.807) is 0 Å². The maximum absolute atomic E-state index is 11.4. The first-order valence-corrected chi connectivity index (χ1v) is 9.19. The third-order valence-corrected chi connectivity index (χ3v) is 5.20. The van der Waals surface area contributed by atoms with Gasteiger partial charge in [-0.05, 0) is 25.7 Å². The number of rotatable bonds is 5. The van der Waals surface area contributed by atoms with E-state index in [1.165, 1.54) is 25.5 Å². The van der Waals surface area contributed by atoms with Gasteiger partial charge in [0.05, 0.1) is 5.75 Å². The highest BCUT2D eigenvalue weighted by atomic mass is 32.2. The number of hydrogen-bond donors (Lipinski definition) is 2. The van der Waals surface area contributed by atoms with E-state index in [4.69, 9.17) is 5.73 Å². The van der Waals surface area contributed by atoms with Crippen LogP contribution in [0.2, 0.25) is 0 Å². The molecule has 0 aromatic carbocycles. The lowest BCUT2D eigenvalue weighted by Gasteiger charge is -2.23. The molecule has 19 heavy (non-hydrogen) atoms. The molecule has 0 radical (unpaired) electrons. The van der Waals surface area contributed by atoms with Gasteiger partial charge in [-0.15, -0.1) is 0 Å². The van der Waals surface area contributed by atoms with Gasteiger partial charge in [-0.1, -0.05) is 19.3 Å².